The lowest BCUT2D eigenvalue weighted by atomic mass is 9.71. The molecule has 3 aromatic rings. The zero-order valence-electron chi connectivity index (χ0n) is 32.4. The molecule has 2 amide bonds. The fraction of sp³-hybridized carbons (Fsp3) is 0.357. The van der Waals surface area contributed by atoms with E-state index in [-0.39, 0.29) is 65.7 Å². The summed E-state index contributed by atoms with van der Waals surface area (Å²) < 4.78 is 33.4. The minimum Gasteiger partial charge on any atom is -0.467 e. The van der Waals surface area contributed by atoms with E-state index in [1.165, 1.54) is 12.6 Å². The first-order valence-corrected chi connectivity index (χ1v) is 20.9. The van der Waals surface area contributed by atoms with Gasteiger partial charge in [-0.1, -0.05) is 56.3 Å². The second kappa shape index (κ2) is 18.5. The van der Waals surface area contributed by atoms with Gasteiger partial charge in [0.2, 0.25) is 11.8 Å². The van der Waals surface area contributed by atoms with E-state index in [0.717, 1.165) is 40.4 Å². The highest BCUT2D eigenvalue weighted by atomic mass is 32.2. The molecule has 16 heteroatoms. The number of imide groups is 1. The van der Waals surface area contributed by atoms with E-state index in [4.69, 9.17) is 9.15 Å². The Bertz CT molecular complexity index is 2310. The second-order valence-electron chi connectivity index (χ2n) is 14.9. The summed E-state index contributed by atoms with van der Waals surface area (Å²) in [5, 5.41) is 15.8. The van der Waals surface area contributed by atoms with Crippen LogP contribution in [0.4, 0.5) is 5.82 Å². The molecule has 4 N–H and O–H groups in total. The number of furan rings is 1. The minimum absolute atomic E-state index is 0.00492. The Morgan fingerprint density at radius 1 is 0.897 bits per heavy atom. The van der Waals surface area contributed by atoms with E-state index in [0.29, 0.717) is 36.7 Å². The lowest BCUT2D eigenvalue weighted by molar-refractivity contribution is -0.137. The number of piperidine rings is 1. The highest BCUT2D eigenvalue weighted by Crippen LogP contribution is 2.35. The Morgan fingerprint density at radius 2 is 1.62 bits per heavy atom. The van der Waals surface area contributed by atoms with Crippen LogP contribution in [0, 0.1) is 23.7 Å². The van der Waals surface area contributed by atoms with E-state index in [1.807, 2.05) is 49.4 Å². The molecular weight excluding hydrogens is 765 g/mol. The molecule has 2 fully saturated rings. The average Bonchev–Trinajstić information content (AvgIpc) is 3.98. The van der Waals surface area contributed by atoms with Crippen LogP contribution in [0.15, 0.2) is 95.0 Å². The number of aliphatic hydroxyl groups excluding tert-OH is 1. The molecule has 1 saturated carbocycles. The molecule has 1 saturated heterocycles. The molecule has 1 aliphatic carbocycles. The minimum atomic E-state index is -3.23. The van der Waals surface area contributed by atoms with Crippen molar-refractivity contribution in [2.45, 2.75) is 63.5 Å². The molecule has 8 rings (SSSR count). The van der Waals surface area contributed by atoms with Crippen molar-refractivity contribution in [3.8, 4) is 11.5 Å². The summed E-state index contributed by atoms with van der Waals surface area (Å²) in [5.74, 6) is 1.42. The van der Waals surface area contributed by atoms with Crippen LogP contribution in [-0.4, -0.2) is 76.0 Å². The highest BCUT2D eigenvalue weighted by molar-refractivity contribution is 7.90. The number of ether oxygens (including phenoxy) is 1. The van der Waals surface area contributed by atoms with Gasteiger partial charge in [-0.05, 0) is 66.5 Å². The van der Waals surface area contributed by atoms with E-state index in [9.17, 15) is 32.7 Å². The predicted molar refractivity (Wildman–Crippen MR) is 213 cm³/mol. The Hall–Kier alpha value is -6.00. The largest absolute Gasteiger partial charge is 0.467 e. The number of aliphatic hydroxyl groups is 1. The average molecular weight is 811 g/mol. The van der Waals surface area contributed by atoms with Crippen LogP contribution < -0.4 is 10.6 Å². The van der Waals surface area contributed by atoms with Gasteiger partial charge in [-0.15, -0.1) is 0 Å². The third-order valence-corrected chi connectivity index (χ3v) is 11.4. The third-order valence-electron chi connectivity index (χ3n) is 10.3. The van der Waals surface area contributed by atoms with Crippen LogP contribution in [-0.2, 0) is 40.3 Å². The molecule has 4 aliphatic heterocycles. The maximum atomic E-state index is 12.2. The van der Waals surface area contributed by atoms with E-state index >= 15 is 0 Å². The lowest BCUT2D eigenvalue weighted by Crippen LogP contribution is -2.42. The van der Waals surface area contributed by atoms with Crippen LogP contribution in [0.2, 0.25) is 0 Å². The van der Waals surface area contributed by atoms with Gasteiger partial charge < -0.3 is 24.6 Å². The molecule has 15 nitrogen and oxygen atoms in total. The number of ketones is 1. The van der Waals surface area contributed by atoms with E-state index in [1.54, 1.807) is 36.9 Å². The zero-order chi connectivity index (χ0) is 41.4. The number of benzene rings is 2. The molecule has 0 bridgehead atoms. The van der Waals surface area contributed by atoms with Gasteiger partial charge in [0.15, 0.2) is 15.7 Å². The number of aromatic amines is 1. The number of carbonyl (C=O) groups is 4. The quantitative estimate of drug-likeness (QED) is 0.112. The summed E-state index contributed by atoms with van der Waals surface area (Å²) in [6, 6.07) is 19.6. The summed E-state index contributed by atoms with van der Waals surface area (Å²) in [6.07, 6.45) is 7.61. The fourth-order valence-electron chi connectivity index (χ4n) is 7.52. The van der Waals surface area contributed by atoms with Gasteiger partial charge in [-0.25, -0.2) is 28.2 Å². The van der Waals surface area contributed by atoms with Crippen molar-refractivity contribution in [3.05, 3.63) is 103 Å². The van der Waals surface area contributed by atoms with Gasteiger partial charge >= 0.3 is 5.97 Å². The number of fused-ring (bicyclic) bond motifs is 1. The number of rotatable bonds is 9. The number of carbonyl (C=O) groups excluding carboxylic acids is 4. The number of nitrogens with zero attached hydrogens (tertiary/aromatic N) is 3. The van der Waals surface area contributed by atoms with E-state index < -0.39 is 15.9 Å². The summed E-state index contributed by atoms with van der Waals surface area (Å²) in [6.45, 7) is 4.80. The van der Waals surface area contributed by atoms with Crippen LogP contribution in [0.25, 0.3) is 22.7 Å². The number of hydrogen-bond donors (Lipinski definition) is 4. The number of cyclic esters (lactones) is 1. The fourth-order valence-corrected chi connectivity index (χ4v) is 8.15. The number of nitrogens with one attached hydrogen (secondary N) is 3. The van der Waals surface area contributed by atoms with Crippen LogP contribution in [0.1, 0.15) is 62.8 Å². The number of hydrogen-bond acceptors (Lipinski definition) is 13. The second-order valence-corrected chi connectivity index (χ2v) is 16.9. The summed E-state index contributed by atoms with van der Waals surface area (Å²) in [5.41, 5.74) is 3.63. The smallest absolute Gasteiger partial charge is 0.339 e. The molecule has 1 aromatic heterocycles. The van der Waals surface area contributed by atoms with Crippen LogP contribution >= 0.6 is 0 Å². The number of esters is 1. The molecule has 0 radical (unpaired) electrons. The Morgan fingerprint density at radius 3 is 2.29 bits per heavy atom. The normalized spacial score (nSPS) is 20.4. The molecule has 0 spiro atoms. The van der Waals surface area contributed by atoms with Crippen molar-refractivity contribution in [2.75, 3.05) is 18.2 Å². The summed E-state index contributed by atoms with van der Waals surface area (Å²) in [7, 11) is -3.23. The first kappa shape index (κ1) is 41.6. The predicted octanol–water partition coefficient (Wildman–Crippen LogP) is 5.11. The van der Waals surface area contributed by atoms with Gasteiger partial charge in [0, 0.05) is 36.5 Å². The molecular formula is C42H46N6O9S. The zero-order valence-corrected chi connectivity index (χ0v) is 33.2. The summed E-state index contributed by atoms with van der Waals surface area (Å²) >= 11 is 0. The maximum Gasteiger partial charge on any atom is 0.339 e. The molecule has 4 atom stereocenters. The molecule has 58 heavy (non-hydrogen) atoms. The Kier molecular flexibility index (Phi) is 13.3. The number of Topliss-reactive ketones (excluding diaryl/α,β-unsaturated/α-hetero) is 1. The molecule has 2 aromatic carbocycles. The van der Waals surface area contributed by atoms with Crippen molar-refractivity contribution in [1.82, 2.24) is 25.3 Å². The Labute approximate surface area is 336 Å². The van der Waals surface area contributed by atoms with Crippen molar-refractivity contribution in [2.24, 2.45) is 23.7 Å². The van der Waals surface area contributed by atoms with Gasteiger partial charge in [0.1, 0.15) is 36.0 Å². The number of aromatic nitrogens is 4. The Balaban J connectivity index is 0.000000148. The monoisotopic (exact) mass is 810 g/mol. The number of H-pyrrole nitrogens is 1. The SMILES string of the molecule is CS(=O)(=O)c1ccc(C2=C(c3ccccc3)C(=O)OC2)cc1.C[C@@H]1C[C@@H]([C@H](O)CC2CC(=O)NC(=O)C2)C(=O)[C@@H](C)C1.c1coc(CNc2[nH]cnc3ncnc2-3)c1. The van der Waals surface area contributed by atoms with E-state index in [2.05, 4.69) is 37.5 Å². The van der Waals surface area contributed by atoms with Gasteiger partial charge in [0.25, 0.3) is 0 Å². The number of imidazole rings is 1. The molecule has 0 unspecified atom stereocenters. The standard InChI is InChI=1S/C17H14O4S.C15H23NO4.C10H9N5O/c1-22(19,20)14-9-7-12(8-10-14)15-11-21-17(18)16(15)13-5-3-2-4-6-13;1-8-3-9(2)15(20)11(4-8)12(17)5-10-6-13(18)16-14(19)7-10;1-2-7(16-3-1)4-11-9-8-10(13-5-12-8)15-6-14-9/h2-10H,11H2,1H3;8-12,17H,3-7H2,1-2H3,(H,16,18,19);1-3,5-6H,4H2,(H2,11,12,13,14,15)/t;8-,9-,11-,12+;/m.0./s1. The van der Waals surface area contributed by atoms with Crippen molar-refractivity contribution < 1.29 is 41.9 Å². The molecule has 5 aliphatic rings. The molecule has 304 valence electrons. The molecule has 5 heterocycles. The van der Waals surface area contributed by atoms with Gasteiger partial charge in [0.05, 0.1) is 35.7 Å². The topological polar surface area (TPSA) is 224 Å². The number of amides is 2. The first-order chi connectivity index (χ1) is 27.8. The van der Waals surface area contributed by atoms with Gasteiger partial charge in [-0.3, -0.25) is 19.7 Å². The van der Waals surface area contributed by atoms with Crippen molar-refractivity contribution >= 4 is 50.4 Å². The first-order valence-electron chi connectivity index (χ1n) is 19.0. The summed E-state index contributed by atoms with van der Waals surface area (Å²) in [4.78, 5) is 62.3. The van der Waals surface area contributed by atoms with Crippen LogP contribution in [0.3, 0.4) is 0 Å². The number of anilines is 1. The van der Waals surface area contributed by atoms with Crippen LogP contribution in [0.5, 0.6) is 0 Å². The lowest BCUT2D eigenvalue weighted by Gasteiger charge is -2.34. The highest BCUT2D eigenvalue weighted by Gasteiger charge is 2.38. The number of sulfone groups is 1. The van der Waals surface area contributed by atoms with Gasteiger partial charge in [-0.2, -0.15) is 0 Å². The third kappa shape index (κ3) is 10.5. The maximum absolute atomic E-state index is 12.2. The van der Waals surface area contributed by atoms with Crippen molar-refractivity contribution in [3.63, 3.8) is 0 Å². The van der Waals surface area contributed by atoms with Crippen molar-refractivity contribution in [1.29, 1.82) is 0 Å².